The Bertz CT molecular complexity index is 384. The predicted octanol–water partition coefficient (Wildman–Crippen LogP) is 0.922. The molecule has 0 aliphatic carbocycles. The topological polar surface area (TPSA) is 57.8 Å². The Morgan fingerprint density at radius 3 is 2.87 bits per heavy atom. The molecular weight excluding hydrogens is 210 g/mol. The van der Waals surface area contributed by atoms with Crippen LogP contribution in [0, 0.1) is 6.92 Å². The van der Waals surface area contributed by atoms with Crippen molar-refractivity contribution in [2.75, 3.05) is 13.1 Å². The number of aryl methyl sites for hydroxylation is 1. The van der Waals surface area contributed by atoms with Crippen molar-refractivity contribution in [2.45, 2.75) is 30.2 Å². The van der Waals surface area contributed by atoms with Gasteiger partial charge < -0.3 is 10.3 Å². The maximum Gasteiger partial charge on any atom is 0.251 e. The molecule has 82 valence electrons. The molecule has 0 unspecified atom stereocenters. The first-order valence-electron chi connectivity index (χ1n) is 5.19. The van der Waals surface area contributed by atoms with Crippen molar-refractivity contribution in [1.29, 1.82) is 0 Å². The quantitative estimate of drug-likeness (QED) is 0.735. The lowest BCUT2D eigenvalue weighted by Gasteiger charge is -2.21. The molecule has 5 heteroatoms. The number of aromatic nitrogens is 2. The van der Waals surface area contributed by atoms with Crippen LogP contribution in [0.1, 0.15) is 18.5 Å². The van der Waals surface area contributed by atoms with Crippen LogP contribution < -0.4 is 10.9 Å². The van der Waals surface area contributed by atoms with Crippen LogP contribution in [0.15, 0.2) is 16.0 Å². The minimum Gasteiger partial charge on any atom is -0.317 e. The summed E-state index contributed by atoms with van der Waals surface area (Å²) >= 11 is 1.69. The van der Waals surface area contributed by atoms with E-state index in [-0.39, 0.29) is 5.56 Å². The normalized spacial score (nSPS) is 17.9. The van der Waals surface area contributed by atoms with Gasteiger partial charge >= 0.3 is 0 Å². The molecule has 0 atom stereocenters. The molecule has 0 radical (unpaired) electrons. The van der Waals surface area contributed by atoms with E-state index >= 15 is 0 Å². The van der Waals surface area contributed by atoms with Crippen molar-refractivity contribution in [3.05, 3.63) is 22.1 Å². The molecule has 1 saturated heterocycles. The number of rotatable bonds is 2. The van der Waals surface area contributed by atoms with Crippen LogP contribution in [-0.4, -0.2) is 28.3 Å². The molecule has 0 bridgehead atoms. The largest absolute Gasteiger partial charge is 0.317 e. The van der Waals surface area contributed by atoms with Gasteiger partial charge in [0.1, 0.15) is 0 Å². The average molecular weight is 225 g/mol. The highest BCUT2D eigenvalue weighted by Crippen LogP contribution is 2.25. The number of hydrogen-bond donors (Lipinski definition) is 2. The third-order valence-electron chi connectivity index (χ3n) is 2.41. The molecule has 1 fully saturated rings. The molecule has 2 rings (SSSR count). The second-order valence-electron chi connectivity index (χ2n) is 3.76. The average Bonchev–Trinajstić information content (AvgIpc) is 2.17. The lowest BCUT2D eigenvalue weighted by molar-refractivity contribution is 0.530. The van der Waals surface area contributed by atoms with Gasteiger partial charge in [-0.3, -0.25) is 4.79 Å². The number of aromatic amines is 1. The molecule has 1 aliphatic heterocycles. The fraction of sp³-hybridized carbons (Fsp3) is 0.600. The van der Waals surface area contributed by atoms with Crippen LogP contribution in [0.25, 0.3) is 0 Å². The van der Waals surface area contributed by atoms with Gasteiger partial charge in [0.15, 0.2) is 5.16 Å². The lowest BCUT2D eigenvalue weighted by Crippen LogP contribution is -2.29. The summed E-state index contributed by atoms with van der Waals surface area (Å²) in [4.78, 5) is 18.3. The highest BCUT2D eigenvalue weighted by atomic mass is 32.2. The first-order valence-corrected chi connectivity index (χ1v) is 6.07. The summed E-state index contributed by atoms with van der Waals surface area (Å²) in [7, 11) is 0. The second-order valence-corrected chi connectivity index (χ2v) is 5.05. The van der Waals surface area contributed by atoms with Crippen molar-refractivity contribution < 1.29 is 0 Å². The standard InChI is InChI=1S/C10H15N3OS/c1-7-6-9(14)13-10(12-7)15-8-2-4-11-5-3-8/h6,8,11H,2-5H2,1H3,(H,12,13,14). The van der Waals surface area contributed by atoms with Gasteiger partial charge in [-0.15, -0.1) is 0 Å². The van der Waals surface area contributed by atoms with Crippen molar-refractivity contribution >= 4 is 11.8 Å². The van der Waals surface area contributed by atoms with Crippen molar-refractivity contribution in [2.24, 2.45) is 0 Å². The monoisotopic (exact) mass is 225 g/mol. The van der Waals surface area contributed by atoms with E-state index in [1.807, 2.05) is 6.92 Å². The molecule has 2 N–H and O–H groups in total. The van der Waals surface area contributed by atoms with E-state index < -0.39 is 0 Å². The predicted molar refractivity (Wildman–Crippen MR) is 61.3 cm³/mol. The molecule has 0 spiro atoms. The summed E-state index contributed by atoms with van der Waals surface area (Å²) in [6, 6.07) is 1.52. The van der Waals surface area contributed by atoms with Gasteiger partial charge in [-0.2, -0.15) is 0 Å². The second kappa shape index (κ2) is 4.81. The molecule has 1 aromatic rings. The summed E-state index contributed by atoms with van der Waals surface area (Å²) in [5, 5.41) is 4.65. The zero-order chi connectivity index (χ0) is 10.7. The summed E-state index contributed by atoms with van der Waals surface area (Å²) in [5.74, 6) is 0. The van der Waals surface area contributed by atoms with Crippen molar-refractivity contribution in [1.82, 2.24) is 15.3 Å². The molecule has 0 saturated carbocycles. The third kappa shape index (κ3) is 3.07. The van der Waals surface area contributed by atoms with Crippen molar-refractivity contribution in [3.8, 4) is 0 Å². The van der Waals surface area contributed by atoms with Crippen LogP contribution in [0.5, 0.6) is 0 Å². The number of H-pyrrole nitrogens is 1. The van der Waals surface area contributed by atoms with Gasteiger partial charge in [0.05, 0.1) is 0 Å². The molecule has 0 amide bonds. The van der Waals surface area contributed by atoms with E-state index in [0.717, 1.165) is 36.8 Å². The summed E-state index contributed by atoms with van der Waals surface area (Å²) < 4.78 is 0. The van der Waals surface area contributed by atoms with E-state index in [0.29, 0.717) is 5.25 Å². The SMILES string of the molecule is Cc1cc(=O)[nH]c(SC2CCNCC2)n1. The van der Waals surface area contributed by atoms with Gasteiger partial charge in [-0.05, 0) is 32.9 Å². The summed E-state index contributed by atoms with van der Waals surface area (Å²) in [6.07, 6.45) is 2.28. The summed E-state index contributed by atoms with van der Waals surface area (Å²) in [6.45, 7) is 3.98. The molecule has 15 heavy (non-hydrogen) atoms. The lowest BCUT2D eigenvalue weighted by atomic mass is 10.2. The Labute approximate surface area is 92.9 Å². The molecular formula is C10H15N3OS. The van der Waals surface area contributed by atoms with Crippen LogP contribution >= 0.6 is 11.8 Å². The van der Waals surface area contributed by atoms with Crippen molar-refractivity contribution in [3.63, 3.8) is 0 Å². The first-order chi connectivity index (χ1) is 7.24. The highest BCUT2D eigenvalue weighted by Gasteiger charge is 2.15. The van der Waals surface area contributed by atoms with E-state index in [2.05, 4.69) is 15.3 Å². The third-order valence-corrected chi connectivity index (χ3v) is 3.63. The fourth-order valence-corrected chi connectivity index (χ4v) is 2.82. The van der Waals surface area contributed by atoms with Gasteiger partial charge in [-0.25, -0.2) is 4.98 Å². The first kappa shape index (κ1) is 10.7. The van der Waals surface area contributed by atoms with Gasteiger partial charge in [0, 0.05) is 17.0 Å². The Morgan fingerprint density at radius 1 is 1.47 bits per heavy atom. The highest BCUT2D eigenvalue weighted by molar-refractivity contribution is 7.99. The van der Waals surface area contributed by atoms with Crippen LogP contribution in [0.2, 0.25) is 0 Å². The number of thioether (sulfide) groups is 1. The van der Waals surface area contributed by atoms with Crippen LogP contribution in [0.3, 0.4) is 0 Å². The van der Waals surface area contributed by atoms with Crippen LogP contribution in [0.4, 0.5) is 0 Å². The molecule has 2 heterocycles. The van der Waals surface area contributed by atoms with E-state index in [1.54, 1.807) is 11.8 Å². The maximum atomic E-state index is 11.2. The minimum absolute atomic E-state index is 0.0565. The minimum atomic E-state index is -0.0565. The Morgan fingerprint density at radius 2 is 2.20 bits per heavy atom. The van der Waals surface area contributed by atoms with Gasteiger partial charge in [0.2, 0.25) is 0 Å². The number of hydrogen-bond acceptors (Lipinski definition) is 4. The van der Waals surface area contributed by atoms with Gasteiger partial charge in [0.25, 0.3) is 5.56 Å². The number of piperidine rings is 1. The molecule has 0 aromatic carbocycles. The smallest absolute Gasteiger partial charge is 0.251 e. The Balaban J connectivity index is 2.06. The molecule has 1 aliphatic rings. The van der Waals surface area contributed by atoms with E-state index in [9.17, 15) is 4.79 Å². The van der Waals surface area contributed by atoms with Crippen LogP contribution in [-0.2, 0) is 0 Å². The fourth-order valence-electron chi connectivity index (χ4n) is 1.68. The molecule has 4 nitrogen and oxygen atoms in total. The number of nitrogens with one attached hydrogen (secondary N) is 2. The zero-order valence-electron chi connectivity index (χ0n) is 8.75. The summed E-state index contributed by atoms with van der Waals surface area (Å²) in [5.41, 5.74) is 0.731. The van der Waals surface area contributed by atoms with E-state index in [4.69, 9.17) is 0 Å². The maximum absolute atomic E-state index is 11.2. The Hall–Kier alpha value is -0.810. The van der Waals surface area contributed by atoms with Gasteiger partial charge in [-0.1, -0.05) is 11.8 Å². The van der Waals surface area contributed by atoms with E-state index in [1.165, 1.54) is 6.07 Å². The Kier molecular flexibility index (Phi) is 3.43. The number of nitrogens with zero attached hydrogens (tertiary/aromatic N) is 1. The molecule has 1 aromatic heterocycles. The zero-order valence-corrected chi connectivity index (χ0v) is 9.56.